The Labute approximate surface area is 137 Å². The first-order valence-electron chi connectivity index (χ1n) is 8.36. The second-order valence-corrected chi connectivity index (χ2v) is 6.06. The summed E-state index contributed by atoms with van der Waals surface area (Å²) in [5, 5.41) is 12.7. The zero-order valence-corrected chi connectivity index (χ0v) is 13.6. The molecule has 1 aromatic carbocycles. The van der Waals surface area contributed by atoms with Crippen LogP contribution in [-0.4, -0.2) is 67.4 Å². The number of rotatable bonds is 4. The lowest BCUT2D eigenvalue weighted by Gasteiger charge is -2.37. The Morgan fingerprint density at radius 2 is 2.04 bits per heavy atom. The molecule has 2 N–H and O–H groups in total. The van der Waals surface area contributed by atoms with Crippen LogP contribution in [-0.2, 0) is 4.79 Å². The van der Waals surface area contributed by atoms with Gasteiger partial charge in [-0.25, -0.2) is 0 Å². The summed E-state index contributed by atoms with van der Waals surface area (Å²) in [6.45, 7) is 6.14. The predicted molar refractivity (Wildman–Crippen MR) is 88.8 cm³/mol. The third-order valence-electron chi connectivity index (χ3n) is 4.50. The number of hydrogen-bond acceptors (Lipinski definition) is 5. The minimum absolute atomic E-state index is 0.110. The van der Waals surface area contributed by atoms with Crippen molar-refractivity contribution >= 4 is 11.6 Å². The summed E-state index contributed by atoms with van der Waals surface area (Å²) in [4.78, 5) is 16.6. The highest BCUT2D eigenvalue weighted by Crippen LogP contribution is 2.29. The second kappa shape index (κ2) is 7.19. The number of para-hydroxylation sites is 2. The van der Waals surface area contributed by atoms with Gasteiger partial charge in [-0.2, -0.15) is 0 Å². The van der Waals surface area contributed by atoms with Crippen LogP contribution in [0.25, 0.3) is 0 Å². The van der Waals surface area contributed by atoms with Crippen molar-refractivity contribution in [1.82, 2.24) is 10.2 Å². The van der Waals surface area contributed by atoms with Gasteiger partial charge < -0.3 is 25.0 Å². The molecule has 2 aliphatic rings. The van der Waals surface area contributed by atoms with E-state index < -0.39 is 6.10 Å². The minimum Gasteiger partial charge on any atom is -0.492 e. The van der Waals surface area contributed by atoms with Gasteiger partial charge in [0, 0.05) is 32.7 Å². The fraction of sp³-hybridized carbons (Fsp3) is 0.588. The van der Waals surface area contributed by atoms with Crippen molar-refractivity contribution in [1.29, 1.82) is 0 Å². The Hall–Kier alpha value is -1.79. The second-order valence-electron chi connectivity index (χ2n) is 6.06. The molecule has 0 saturated carbocycles. The van der Waals surface area contributed by atoms with Crippen molar-refractivity contribution in [3.63, 3.8) is 0 Å². The van der Waals surface area contributed by atoms with Crippen LogP contribution in [0.4, 0.5) is 5.69 Å². The van der Waals surface area contributed by atoms with Crippen LogP contribution in [0.2, 0.25) is 0 Å². The number of nitrogens with one attached hydrogen (secondary N) is 1. The number of carbonyl (C=O) groups is 1. The molecule has 0 aromatic heterocycles. The number of amides is 1. The standard InChI is InChI=1S/C17H25N3O3/c1-2-23-16-6-4-3-5-15(16)19-7-9-20(10-8-19)17(22)14-11-13(21)12-18-14/h3-6,13-14,18,21H,2,7-12H2,1H3. The van der Waals surface area contributed by atoms with Crippen molar-refractivity contribution in [3.8, 4) is 5.75 Å². The van der Waals surface area contributed by atoms with Gasteiger partial charge in [0.15, 0.2) is 0 Å². The van der Waals surface area contributed by atoms with Crippen molar-refractivity contribution in [2.45, 2.75) is 25.5 Å². The van der Waals surface area contributed by atoms with Gasteiger partial charge in [-0.15, -0.1) is 0 Å². The molecule has 2 saturated heterocycles. The summed E-state index contributed by atoms with van der Waals surface area (Å²) in [7, 11) is 0. The number of piperazine rings is 1. The number of aliphatic hydroxyl groups excluding tert-OH is 1. The van der Waals surface area contributed by atoms with E-state index in [4.69, 9.17) is 4.74 Å². The quantitative estimate of drug-likeness (QED) is 0.844. The van der Waals surface area contributed by atoms with Crippen molar-refractivity contribution in [2.75, 3.05) is 44.2 Å². The number of hydrogen-bond donors (Lipinski definition) is 2. The van der Waals surface area contributed by atoms with Gasteiger partial charge in [-0.1, -0.05) is 12.1 Å². The highest BCUT2D eigenvalue weighted by atomic mass is 16.5. The van der Waals surface area contributed by atoms with Gasteiger partial charge in [0.1, 0.15) is 5.75 Å². The smallest absolute Gasteiger partial charge is 0.239 e. The van der Waals surface area contributed by atoms with Crippen molar-refractivity contribution < 1.29 is 14.6 Å². The molecular weight excluding hydrogens is 294 g/mol. The fourth-order valence-electron chi connectivity index (χ4n) is 3.29. The molecule has 6 heteroatoms. The van der Waals surface area contributed by atoms with E-state index in [0.717, 1.165) is 24.5 Å². The number of nitrogens with zero attached hydrogens (tertiary/aromatic N) is 2. The summed E-state index contributed by atoms with van der Waals surface area (Å²) in [5.74, 6) is 1.01. The van der Waals surface area contributed by atoms with Crippen LogP contribution in [0.1, 0.15) is 13.3 Å². The first kappa shape index (κ1) is 16.1. The maximum Gasteiger partial charge on any atom is 0.239 e. The number of benzene rings is 1. The Morgan fingerprint density at radius 1 is 1.30 bits per heavy atom. The average Bonchev–Trinajstić information content (AvgIpc) is 3.02. The third kappa shape index (κ3) is 3.59. The van der Waals surface area contributed by atoms with Crippen LogP contribution >= 0.6 is 0 Å². The molecule has 6 nitrogen and oxygen atoms in total. The Morgan fingerprint density at radius 3 is 2.70 bits per heavy atom. The Bertz CT molecular complexity index is 544. The van der Waals surface area contributed by atoms with Gasteiger partial charge in [-0.3, -0.25) is 4.79 Å². The van der Waals surface area contributed by atoms with E-state index in [1.54, 1.807) is 0 Å². The molecule has 0 radical (unpaired) electrons. The summed E-state index contributed by atoms with van der Waals surface area (Å²) < 4.78 is 5.70. The summed E-state index contributed by atoms with van der Waals surface area (Å²) in [5.41, 5.74) is 1.09. The van der Waals surface area contributed by atoms with Gasteiger partial charge in [0.2, 0.25) is 5.91 Å². The van der Waals surface area contributed by atoms with Gasteiger partial charge in [0.25, 0.3) is 0 Å². The molecule has 2 heterocycles. The van der Waals surface area contributed by atoms with Crippen LogP contribution < -0.4 is 15.0 Å². The molecule has 0 bridgehead atoms. The zero-order valence-electron chi connectivity index (χ0n) is 13.6. The number of β-amino-alcohol motifs (C(OH)–C–C–N with tert-alkyl or cyclic N) is 1. The molecule has 0 spiro atoms. The van der Waals surface area contributed by atoms with Crippen LogP contribution in [0.5, 0.6) is 5.75 Å². The minimum atomic E-state index is -0.400. The Balaban J connectivity index is 1.59. The van der Waals surface area contributed by atoms with E-state index in [9.17, 15) is 9.90 Å². The highest BCUT2D eigenvalue weighted by Gasteiger charge is 2.32. The van der Waals surface area contributed by atoms with Crippen molar-refractivity contribution in [3.05, 3.63) is 24.3 Å². The molecule has 2 fully saturated rings. The molecule has 2 atom stereocenters. The molecule has 0 aliphatic carbocycles. The SMILES string of the molecule is CCOc1ccccc1N1CCN(C(=O)C2CC(O)CN2)CC1. The highest BCUT2D eigenvalue weighted by molar-refractivity contribution is 5.82. The molecule has 2 aliphatic heterocycles. The summed E-state index contributed by atoms with van der Waals surface area (Å²) in [6, 6.07) is 7.81. The monoisotopic (exact) mass is 319 g/mol. The topological polar surface area (TPSA) is 65.0 Å². The number of aliphatic hydroxyl groups is 1. The molecule has 1 aromatic rings. The average molecular weight is 319 g/mol. The largest absolute Gasteiger partial charge is 0.492 e. The van der Waals surface area contributed by atoms with E-state index in [2.05, 4.69) is 16.3 Å². The number of ether oxygens (including phenoxy) is 1. The summed E-state index contributed by atoms with van der Waals surface area (Å²) >= 11 is 0. The van der Waals surface area contributed by atoms with Gasteiger partial charge in [0.05, 0.1) is 24.4 Å². The first-order chi connectivity index (χ1) is 11.2. The number of anilines is 1. The molecule has 2 unspecified atom stereocenters. The van der Waals surface area contributed by atoms with Crippen molar-refractivity contribution in [2.24, 2.45) is 0 Å². The van der Waals surface area contributed by atoms with E-state index in [1.165, 1.54) is 0 Å². The van der Waals surface area contributed by atoms with E-state index in [-0.39, 0.29) is 11.9 Å². The van der Waals surface area contributed by atoms with E-state index >= 15 is 0 Å². The zero-order chi connectivity index (χ0) is 16.2. The maximum atomic E-state index is 12.5. The summed E-state index contributed by atoms with van der Waals surface area (Å²) in [6.07, 6.45) is 0.120. The van der Waals surface area contributed by atoms with Gasteiger partial charge >= 0.3 is 0 Å². The lowest BCUT2D eigenvalue weighted by atomic mass is 10.1. The maximum absolute atomic E-state index is 12.5. The molecule has 126 valence electrons. The predicted octanol–water partition coefficient (Wildman–Crippen LogP) is 0.457. The van der Waals surface area contributed by atoms with Crippen LogP contribution in [0.3, 0.4) is 0 Å². The molecule has 1 amide bonds. The molecule has 3 rings (SSSR count). The van der Waals surface area contributed by atoms with E-state index in [1.807, 2.05) is 30.0 Å². The third-order valence-corrected chi connectivity index (χ3v) is 4.50. The van der Waals surface area contributed by atoms with E-state index in [0.29, 0.717) is 32.7 Å². The fourth-order valence-corrected chi connectivity index (χ4v) is 3.29. The molecular formula is C17H25N3O3. The van der Waals surface area contributed by atoms with Gasteiger partial charge in [-0.05, 0) is 25.5 Å². The normalized spacial score (nSPS) is 24.8. The Kier molecular flexibility index (Phi) is 5.03. The number of carbonyl (C=O) groups excluding carboxylic acids is 1. The first-order valence-corrected chi connectivity index (χ1v) is 8.36. The van der Waals surface area contributed by atoms with Crippen LogP contribution in [0.15, 0.2) is 24.3 Å². The lowest BCUT2D eigenvalue weighted by molar-refractivity contribution is -0.133. The molecule has 23 heavy (non-hydrogen) atoms. The van der Waals surface area contributed by atoms with Crippen LogP contribution in [0, 0.1) is 0 Å². The lowest BCUT2D eigenvalue weighted by Crippen LogP contribution is -2.53.